The van der Waals surface area contributed by atoms with Crippen LogP contribution >= 0.6 is 0 Å². The number of rotatable bonds is 16. The number of fused-ring (bicyclic) bond motifs is 3. The fraction of sp³-hybridized carbons (Fsp3) is 0.764. The Morgan fingerprint density at radius 3 is 1.90 bits per heavy atom. The van der Waals surface area contributed by atoms with Gasteiger partial charge in [0.1, 0.15) is 48.8 Å². The van der Waals surface area contributed by atoms with Gasteiger partial charge >= 0.3 is 5.97 Å². The Bertz CT molecular complexity index is 2090. The van der Waals surface area contributed by atoms with Crippen molar-refractivity contribution < 1.29 is 57.0 Å². The van der Waals surface area contributed by atoms with Crippen LogP contribution in [0.5, 0.6) is 0 Å². The van der Waals surface area contributed by atoms with Gasteiger partial charge in [-0.3, -0.25) is 4.79 Å². The molecule has 14 atom stereocenters. The zero-order valence-corrected chi connectivity index (χ0v) is 44.2. The van der Waals surface area contributed by atoms with Crippen LogP contribution in [0.1, 0.15) is 136 Å². The maximum Gasteiger partial charge on any atom is 0.306 e. The third kappa shape index (κ3) is 12.0. The molecule has 1 unspecified atom stereocenters. The molecule has 3 heterocycles. The first-order valence-corrected chi connectivity index (χ1v) is 29.9. The number of carbonyl (C=O) groups is 1. The van der Waals surface area contributed by atoms with Crippen molar-refractivity contribution in [3.63, 3.8) is 0 Å². The fourth-order valence-corrected chi connectivity index (χ4v) is 13.6. The van der Waals surface area contributed by atoms with E-state index >= 15 is 0 Å². The lowest BCUT2D eigenvalue weighted by Gasteiger charge is -2.50. The normalized spacial score (nSPS) is 35.7. The Balaban J connectivity index is 1.09. The van der Waals surface area contributed by atoms with Crippen LogP contribution in [0.2, 0.25) is 18.1 Å². The summed E-state index contributed by atoms with van der Waals surface area (Å²) in [5.41, 5.74) is 12.4. The van der Waals surface area contributed by atoms with Gasteiger partial charge in [0.15, 0.2) is 32.3 Å². The summed E-state index contributed by atoms with van der Waals surface area (Å²) in [4.78, 5) is 18.0. The van der Waals surface area contributed by atoms with E-state index in [-0.39, 0.29) is 36.5 Å². The van der Waals surface area contributed by atoms with Crippen molar-refractivity contribution in [2.24, 2.45) is 22.9 Å². The zero-order chi connectivity index (χ0) is 50.0. The molecule has 392 valence electrons. The molecule has 0 bridgehead atoms. The first kappa shape index (κ1) is 52.9. The van der Waals surface area contributed by atoms with Crippen molar-refractivity contribution in [3.8, 4) is 0 Å². The fourth-order valence-electron chi connectivity index (χ4n) is 12.3. The van der Waals surface area contributed by atoms with E-state index in [9.17, 15) is 15.4 Å². The van der Waals surface area contributed by atoms with E-state index in [1.807, 2.05) is 60.7 Å². The molecule has 7 aliphatic rings. The molecule has 4 aliphatic carbocycles. The number of hydrogen-bond donors (Lipinski definition) is 1. The number of hydrogen-bond acceptors (Lipinski definition) is 13. The highest BCUT2D eigenvalue weighted by atomic mass is 28.4. The molecule has 71 heavy (non-hydrogen) atoms. The second kappa shape index (κ2) is 22.5. The average molecular weight is 1000 g/mol. The van der Waals surface area contributed by atoms with Gasteiger partial charge in [-0.2, -0.15) is 0 Å². The predicted molar refractivity (Wildman–Crippen MR) is 267 cm³/mol. The molecule has 0 aromatic heterocycles. The topological polar surface area (TPSA) is 178 Å². The van der Waals surface area contributed by atoms with E-state index in [0.717, 1.165) is 62.5 Å². The van der Waals surface area contributed by atoms with E-state index in [0.29, 0.717) is 44.6 Å². The SMILES string of the molecule is CC(C)[C@@H]1CC[C@@H](CC(=O)O[C@H]2[C@H](OC3O[C@H](COCc4ccccc4)[C@@H](O[Si](C)(C)C(C)(C)C)[C@H](OCc4ccccc4)[C@H]3N=[N+]=[N-])[C@H]3OC4(CCCCC4)O[C@@H]3[C@H]3OC4(CCCCC4)O[C@@H]23)C[C@H]1O. The molecular weight excluding hydrogens is 923 g/mol. The van der Waals surface area contributed by atoms with Crippen molar-refractivity contribution in [1.29, 1.82) is 0 Å². The summed E-state index contributed by atoms with van der Waals surface area (Å²) in [6.07, 6.45) is 2.15. The van der Waals surface area contributed by atoms with Crippen molar-refractivity contribution >= 4 is 14.3 Å². The van der Waals surface area contributed by atoms with Gasteiger partial charge < -0.3 is 52.2 Å². The maximum absolute atomic E-state index is 14.6. The standard InChI is InChI=1S/C55H81N3O12Si/c1-35(2)39-25-24-38(30-40(39)59)31-42(60)64-46-47(49-51(69-55(67-49)28-18-11-19-29-55)50-48(46)66-54(68-50)26-16-10-17-27-54)65-52-43(57-58-56)45(62-33-37-22-14-9-15-23-37)44(70-71(6,7)53(3,4)5)41(63-52)34-61-32-36-20-12-8-13-21-36/h8-9,12-15,20-23,35,38-41,43-52,59H,10-11,16-19,24-34H2,1-7H3/t38-,39+,40-,41-,43-,44-,45-,46+,47+,48+,49-,50+,51+,52?/m1/s1. The molecule has 3 saturated heterocycles. The number of carbonyl (C=O) groups excluding carboxylic acids is 1. The third-order valence-electron chi connectivity index (χ3n) is 17.1. The van der Waals surface area contributed by atoms with Crippen LogP contribution in [-0.2, 0) is 65.1 Å². The first-order valence-electron chi connectivity index (χ1n) is 27.0. The third-order valence-corrected chi connectivity index (χ3v) is 21.6. The molecule has 0 amide bonds. The van der Waals surface area contributed by atoms with E-state index in [4.69, 9.17) is 47.1 Å². The van der Waals surface area contributed by atoms with E-state index in [1.54, 1.807) is 0 Å². The predicted octanol–water partition coefficient (Wildman–Crippen LogP) is 10.6. The molecule has 2 spiro atoms. The Morgan fingerprint density at radius 1 is 0.789 bits per heavy atom. The van der Waals surface area contributed by atoms with Gasteiger partial charge in [-0.1, -0.05) is 113 Å². The summed E-state index contributed by atoms with van der Waals surface area (Å²) in [5, 5.41) is 15.5. The van der Waals surface area contributed by atoms with Gasteiger partial charge in [-0.05, 0) is 97.5 Å². The Kier molecular flexibility index (Phi) is 16.7. The van der Waals surface area contributed by atoms with Gasteiger partial charge in [0, 0.05) is 37.0 Å². The smallest absolute Gasteiger partial charge is 0.306 e. The molecule has 4 saturated carbocycles. The minimum atomic E-state index is -2.57. The molecular formula is C55H81N3O12Si. The first-order chi connectivity index (χ1) is 34.1. The summed E-state index contributed by atoms with van der Waals surface area (Å²) in [7, 11) is -2.57. The van der Waals surface area contributed by atoms with E-state index in [2.05, 4.69) is 57.7 Å². The average Bonchev–Trinajstić information content (AvgIpc) is 3.89. The lowest BCUT2D eigenvalue weighted by atomic mass is 9.74. The van der Waals surface area contributed by atoms with Crippen molar-refractivity contribution in [3.05, 3.63) is 82.2 Å². The number of benzene rings is 2. The molecule has 2 aromatic carbocycles. The van der Waals surface area contributed by atoms with E-state index < -0.39 is 99.2 Å². The quantitative estimate of drug-likeness (QED) is 0.0554. The Morgan fingerprint density at radius 2 is 1.35 bits per heavy atom. The van der Waals surface area contributed by atoms with E-state index in [1.165, 1.54) is 0 Å². The van der Waals surface area contributed by atoms with Crippen LogP contribution in [0, 0.1) is 17.8 Å². The molecule has 2 aromatic rings. The highest BCUT2D eigenvalue weighted by Crippen LogP contribution is 2.53. The number of aliphatic hydroxyl groups excluding tert-OH is 1. The van der Waals surface area contributed by atoms with Gasteiger partial charge in [0.05, 0.1) is 32.0 Å². The minimum absolute atomic E-state index is 0.0472. The van der Waals surface area contributed by atoms with Gasteiger partial charge in [0.2, 0.25) is 0 Å². The van der Waals surface area contributed by atoms with Crippen molar-refractivity contribution in [2.75, 3.05) is 6.61 Å². The summed E-state index contributed by atoms with van der Waals surface area (Å²) >= 11 is 0. The van der Waals surface area contributed by atoms with Gasteiger partial charge in [0.25, 0.3) is 0 Å². The number of azide groups is 1. The number of ether oxygens (including phenoxy) is 9. The Hall–Kier alpha value is -2.96. The lowest BCUT2D eigenvalue weighted by Crippen LogP contribution is -2.67. The zero-order valence-electron chi connectivity index (χ0n) is 43.2. The second-order valence-corrected chi connectivity index (χ2v) is 28.3. The summed E-state index contributed by atoms with van der Waals surface area (Å²) in [5.74, 6) is -1.67. The molecule has 0 radical (unpaired) electrons. The van der Waals surface area contributed by atoms with Crippen molar-refractivity contribution in [1.82, 2.24) is 0 Å². The summed E-state index contributed by atoms with van der Waals surface area (Å²) in [6.45, 7) is 15.8. The Labute approximate surface area is 422 Å². The van der Waals surface area contributed by atoms with Gasteiger partial charge in [-0.15, -0.1) is 0 Å². The molecule has 7 fully saturated rings. The highest BCUT2D eigenvalue weighted by Gasteiger charge is 2.68. The highest BCUT2D eigenvalue weighted by molar-refractivity contribution is 6.74. The molecule has 9 rings (SSSR count). The summed E-state index contributed by atoms with van der Waals surface area (Å²) < 4.78 is 70.6. The molecule has 16 heteroatoms. The maximum atomic E-state index is 14.6. The molecule has 1 N–H and O–H groups in total. The second-order valence-electron chi connectivity index (χ2n) is 23.5. The number of esters is 1. The minimum Gasteiger partial charge on any atom is -0.457 e. The molecule has 15 nitrogen and oxygen atoms in total. The lowest BCUT2D eigenvalue weighted by molar-refractivity contribution is -0.312. The number of aliphatic hydroxyl groups is 1. The van der Waals surface area contributed by atoms with Gasteiger partial charge in [-0.25, -0.2) is 0 Å². The van der Waals surface area contributed by atoms with Crippen LogP contribution in [0.3, 0.4) is 0 Å². The van der Waals surface area contributed by atoms with Crippen LogP contribution < -0.4 is 0 Å². The van der Waals surface area contributed by atoms with Crippen LogP contribution in [0.4, 0.5) is 0 Å². The summed E-state index contributed by atoms with van der Waals surface area (Å²) in [6, 6.07) is 18.8. The monoisotopic (exact) mass is 1000 g/mol. The molecule has 3 aliphatic heterocycles. The van der Waals surface area contributed by atoms with Crippen LogP contribution in [0.25, 0.3) is 10.4 Å². The number of nitrogens with zero attached hydrogens (tertiary/aromatic N) is 3. The van der Waals surface area contributed by atoms with Crippen LogP contribution in [-0.4, -0.2) is 111 Å². The largest absolute Gasteiger partial charge is 0.457 e. The van der Waals surface area contributed by atoms with Crippen molar-refractivity contribution in [2.45, 2.75) is 241 Å². The van der Waals surface area contributed by atoms with Crippen LogP contribution in [0.15, 0.2) is 65.8 Å².